The normalized spacial score (nSPS) is 13.4. The van der Waals surface area contributed by atoms with Crippen LogP contribution in [-0.4, -0.2) is 153 Å². The number of rotatable bonds is 33. The maximum Gasteiger partial charge on any atom is 0.320 e. The Balaban J connectivity index is 1.95. The van der Waals surface area contributed by atoms with Gasteiger partial charge in [0.2, 0.25) is 53.2 Å². The molecule has 0 aliphatic carbocycles. The molecule has 0 fully saturated rings. The topological polar surface area (TPSA) is 393 Å². The Bertz CT molecular complexity index is 2680. The third kappa shape index (κ3) is 22.2. The maximum absolute atomic E-state index is 15.4. The Hall–Kier alpha value is -8.33. The van der Waals surface area contributed by atoms with Crippen molar-refractivity contribution in [2.45, 2.75) is 129 Å². The molecule has 0 bridgehead atoms. The predicted molar refractivity (Wildman–Crippen MR) is 284 cm³/mol. The van der Waals surface area contributed by atoms with Crippen molar-refractivity contribution in [3.8, 4) is 11.1 Å². The lowest BCUT2D eigenvalue weighted by molar-refractivity contribution is -0.140. The first kappa shape index (κ1) is 66.0. The number of carbonyl (C=O) groups is 11. The molecule has 27 heteroatoms. The number of aromatic nitrogens is 1. The second-order valence-electron chi connectivity index (χ2n) is 20.0. The number of amides is 9. The number of carboxylic acids is 2. The highest BCUT2D eigenvalue weighted by molar-refractivity contribution is 5.97. The number of carboxylic acid groups (broad SMARTS) is 2. The van der Waals surface area contributed by atoms with E-state index in [2.05, 4.69) is 37.2 Å². The Morgan fingerprint density at radius 2 is 1.34 bits per heavy atom. The number of nitrogens with zero attached hydrogens (tertiary/aromatic N) is 2. The summed E-state index contributed by atoms with van der Waals surface area (Å²) in [7, 11) is 0. The van der Waals surface area contributed by atoms with Gasteiger partial charge in [0, 0.05) is 62.0 Å². The van der Waals surface area contributed by atoms with Crippen LogP contribution in [0.2, 0.25) is 0 Å². The highest BCUT2D eigenvalue weighted by atomic mass is 19.1. The van der Waals surface area contributed by atoms with Crippen LogP contribution >= 0.6 is 0 Å². The van der Waals surface area contributed by atoms with Crippen LogP contribution in [0.1, 0.15) is 103 Å². The Kier molecular flexibility index (Phi) is 26.3. The zero-order chi connectivity index (χ0) is 59.9. The first-order valence-corrected chi connectivity index (χ1v) is 25.7. The van der Waals surface area contributed by atoms with E-state index >= 15 is 4.39 Å². The predicted octanol–water partition coefficient (Wildman–Crippen LogP) is -0.180. The first-order chi connectivity index (χ1) is 37.6. The zero-order valence-corrected chi connectivity index (χ0v) is 45.3. The summed E-state index contributed by atoms with van der Waals surface area (Å²) >= 11 is 0. The standard InChI is InChI=1S/C53H73F2N11O14/c1-30(61-44(71)26-60-42(69)16-17-46(73)74)48(75)62-31(2)49(76)64-39(25-41(57)68)51(78)63-38(50(77)59-21-18-43(70)58-20-10-9-13-37(56)52(79)80)19-22-66(45(72)29-67)47(53(3,4)5)40-23-33(35-24-34(54)14-15-36(35)55)28-65(40)27-32-11-7-6-8-12-32/h6-8,11-12,14-15,23-24,28,30-31,37-39,47,67H,9-10,13,16-22,25-27,29,56H2,1-5H3,(H2,57,68)(H,58,70)(H,59,77)(H,60,69)(H,61,71)(H,62,75)(H,63,78)(H,64,76)(H,73,74)(H,79,80)/t30-,31-,37-,38-,39-,47-/m0/s1. The van der Waals surface area contributed by atoms with Crippen molar-refractivity contribution in [3.63, 3.8) is 0 Å². The van der Waals surface area contributed by atoms with Gasteiger partial charge < -0.3 is 73.5 Å². The molecule has 438 valence electrons. The molecule has 1 aromatic heterocycles. The molecule has 0 unspecified atom stereocenters. The van der Waals surface area contributed by atoms with E-state index in [0.717, 1.165) is 23.8 Å². The highest BCUT2D eigenvalue weighted by Gasteiger charge is 2.39. The van der Waals surface area contributed by atoms with Crippen molar-refractivity contribution < 1.29 is 76.8 Å². The van der Waals surface area contributed by atoms with E-state index in [0.29, 0.717) is 18.5 Å². The van der Waals surface area contributed by atoms with Crippen LogP contribution in [0, 0.1) is 17.0 Å². The second kappa shape index (κ2) is 31.9. The van der Waals surface area contributed by atoms with Gasteiger partial charge in [-0.3, -0.25) is 52.7 Å². The van der Waals surface area contributed by atoms with Crippen LogP contribution in [0.15, 0.2) is 60.8 Å². The van der Waals surface area contributed by atoms with E-state index in [1.54, 1.807) is 49.7 Å². The van der Waals surface area contributed by atoms with Crippen LogP contribution in [-0.2, 0) is 59.3 Å². The lowest BCUT2D eigenvalue weighted by Gasteiger charge is -2.41. The number of unbranched alkanes of at least 4 members (excludes halogenated alkanes) is 1. The lowest BCUT2D eigenvalue weighted by atomic mass is 9.82. The van der Waals surface area contributed by atoms with Crippen molar-refractivity contribution in [1.82, 2.24) is 46.7 Å². The largest absolute Gasteiger partial charge is 0.481 e. The van der Waals surface area contributed by atoms with Crippen LogP contribution in [0.25, 0.3) is 11.1 Å². The zero-order valence-electron chi connectivity index (χ0n) is 45.3. The van der Waals surface area contributed by atoms with E-state index in [9.17, 15) is 62.2 Å². The van der Waals surface area contributed by atoms with Gasteiger partial charge in [-0.05, 0) is 74.8 Å². The fraction of sp³-hybridized carbons (Fsp3) is 0.491. The third-order valence-corrected chi connectivity index (χ3v) is 12.3. The van der Waals surface area contributed by atoms with Gasteiger partial charge >= 0.3 is 11.9 Å². The summed E-state index contributed by atoms with van der Waals surface area (Å²) in [6.07, 6.45) is 0.164. The number of benzene rings is 2. The molecule has 80 heavy (non-hydrogen) atoms. The number of aliphatic hydroxyl groups is 1. The number of nitrogens with two attached hydrogens (primary N) is 2. The minimum atomic E-state index is -1.80. The number of halogens is 2. The molecule has 9 amide bonds. The van der Waals surface area contributed by atoms with Gasteiger partial charge in [0.25, 0.3) is 0 Å². The second-order valence-corrected chi connectivity index (χ2v) is 20.0. The van der Waals surface area contributed by atoms with Crippen LogP contribution < -0.4 is 48.7 Å². The van der Waals surface area contributed by atoms with Gasteiger partial charge in [0.15, 0.2) is 0 Å². The average Bonchev–Trinajstić information content (AvgIpc) is 3.79. The van der Waals surface area contributed by atoms with Crippen molar-refractivity contribution in [1.29, 1.82) is 0 Å². The van der Waals surface area contributed by atoms with Gasteiger partial charge in [-0.2, -0.15) is 0 Å². The van der Waals surface area contributed by atoms with E-state index in [1.807, 2.05) is 18.2 Å². The number of hydrogen-bond donors (Lipinski definition) is 12. The number of aliphatic hydroxyl groups excluding tert-OH is 1. The van der Waals surface area contributed by atoms with Crippen molar-refractivity contribution in [2.75, 3.05) is 32.8 Å². The molecule has 0 aliphatic heterocycles. The van der Waals surface area contributed by atoms with Crippen LogP contribution in [0.3, 0.4) is 0 Å². The first-order valence-electron chi connectivity index (χ1n) is 25.7. The molecule has 0 saturated heterocycles. The summed E-state index contributed by atoms with van der Waals surface area (Å²) in [5, 5.41) is 45.1. The molecule has 0 saturated carbocycles. The van der Waals surface area contributed by atoms with E-state index in [4.69, 9.17) is 21.7 Å². The number of aliphatic carboxylic acids is 2. The monoisotopic (exact) mass is 1130 g/mol. The quantitative estimate of drug-likeness (QED) is 0.0352. The van der Waals surface area contributed by atoms with E-state index in [-0.39, 0.29) is 43.6 Å². The summed E-state index contributed by atoms with van der Waals surface area (Å²) in [6, 6.07) is 5.42. The minimum absolute atomic E-state index is 0.0797. The van der Waals surface area contributed by atoms with Crippen LogP contribution in [0.5, 0.6) is 0 Å². The summed E-state index contributed by atoms with van der Waals surface area (Å²) in [4.78, 5) is 141. The SMILES string of the molecule is C[C@H](NC(=O)CNC(=O)CCC(=O)O)C(=O)N[C@@H](C)C(=O)N[C@@H](CC(N)=O)C(=O)N[C@@H](CCN(C(=O)CO)[C@@H](c1cc(-c2cc(F)ccc2F)cn1Cc1ccccc1)C(C)(C)C)C(=O)NCCC(=O)NCCCC[C@H](N)C(=O)O. The molecular weight excluding hydrogens is 1050 g/mol. The fourth-order valence-corrected chi connectivity index (χ4v) is 8.22. The molecular formula is C53H73F2N11O14. The number of carbonyl (C=O) groups excluding carboxylic acids is 9. The van der Waals surface area contributed by atoms with Gasteiger partial charge in [-0.15, -0.1) is 0 Å². The van der Waals surface area contributed by atoms with Crippen molar-refractivity contribution >= 4 is 65.1 Å². The lowest BCUT2D eigenvalue weighted by Crippen LogP contribution is -2.58. The van der Waals surface area contributed by atoms with Gasteiger partial charge in [-0.1, -0.05) is 51.1 Å². The molecule has 0 radical (unpaired) electrons. The minimum Gasteiger partial charge on any atom is -0.481 e. The number of hydrogen-bond acceptors (Lipinski definition) is 13. The molecule has 3 rings (SSSR count). The molecule has 0 spiro atoms. The molecule has 0 aliphatic rings. The fourth-order valence-electron chi connectivity index (χ4n) is 8.22. The highest BCUT2D eigenvalue weighted by Crippen LogP contribution is 2.41. The number of primary amides is 1. The third-order valence-electron chi connectivity index (χ3n) is 12.3. The maximum atomic E-state index is 15.4. The van der Waals surface area contributed by atoms with Crippen molar-refractivity contribution in [2.24, 2.45) is 16.9 Å². The van der Waals surface area contributed by atoms with E-state index in [1.165, 1.54) is 18.7 Å². The smallest absolute Gasteiger partial charge is 0.320 e. The molecule has 2 aromatic carbocycles. The molecule has 14 N–H and O–H groups in total. The Labute approximate surface area is 460 Å². The molecule has 6 atom stereocenters. The van der Waals surface area contributed by atoms with Crippen molar-refractivity contribution in [3.05, 3.63) is 83.7 Å². The molecule has 25 nitrogen and oxygen atoms in total. The number of nitrogens with one attached hydrogen (secondary N) is 7. The average molecular weight is 1130 g/mol. The van der Waals surface area contributed by atoms with Crippen LogP contribution in [0.4, 0.5) is 8.78 Å². The van der Waals surface area contributed by atoms with Gasteiger partial charge in [0.05, 0.1) is 25.4 Å². The Morgan fingerprint density at radius 3 is 1.96 bits per heavy atom. The summed E-state index contributed by atoms with van der Waals surface area (Å²) in [5.74, 6) is -11.8. The van der Waals surface area contributed by atoms with Gasteiger partial charge in [0.1, 0.15) is 48.5 Å². The Morgan fingerprint density at radius 1 is 0.700 bits per heavy atom. The molecule has 3 aromatic rings. The van der Waals surface area contributed by atoms with E-state index < -0.39 is 164 Å². The summed E-state index contributed by atoms with van der Waals surface area (Å²) in [5.41, 5.74) is 11.5. The van der Waals surface area contributed by atoms with Gasteiger partial charge in [-0.25, -0.2) is 8.78 Å². The molecule has 1 heterocycles. The summed E-state index contributed by atoms with van der Waals surface area (Å²) in [6.45, 7) is 5.83. The summed E-state index contributed by atoms with van der Waals surface area (Å²) < 4.78 is 31.8.